The lowest BCUT2D eigenvalue weighted by atomic mass is 10.1. The Bertz CT molecular complexity index is 876. The summed E-state index contributed by atoms with van der Waals surface area (Å²) < 4.78 is 6.61. The van der Waals surface area contributed by atoms with Crippen LogP contribution in [0.5, 0.6) is 5.75 Å². The van der Waals surface area contributed by atoms with Crippen molar-refractivity contribution in [2.75, 3.05) is 0 Å². The molecule has 0 saturated heterocycles. The second kappa shape index (κ2) is 6.34. The third-order valence-corrected chi connectivity index (χ3v) is 4.75. The molecule has 0 spiro atoms. The van der Waals surface area contributed by atoms with Gasteiger partial charge in [0.15, 0.2) is 0 Å². The number of rotatable bonds is 3. The van der Waals surface area contributed by atoms with Crippen LogP contribution in [0.15, 0.2) is 42.5 Å². The van der Waals surface area contributed by atoms with Crippen LogP contribution in [0.1, 0.15) is 21.7 Å². The first kappa shape index (κ1) is 15.4. The summed E-state index contributed by atoms with van der Waals surface area (Å²) in [6.45, 7) is 5.90. The zero-order valence-corrected chi connectivity index (χ0v) is 14.1. The largest absolute Gasteiger partial charge is 0.423 e. The maximum atomic E-state index is 12.1. The van der Waals surface area contributed by atoms with Crippen molar-refractivity contribution in [1.82, 2.24) is 4.98 Å². The summed E-state index contributed by atoms with van der Waals surface area (Å²) in [5.41, 5.74) is 3.99. The first-order valence-corrected chi connectivity index (χ1v) is 8.18. The quantitative estimate of drug-likeness (QED) is 0.393. The number of hydrogen-bond donors (Lipinski definition) is 0. The molecule has 0 aliphatic rings. The fourth-order valence-electron chi connectivity index (χ4n) is 2.32. The van der Waals surface area contributed by atoms with E-state index in [2.05, 4.69) is 4.98 Å². The third-order valence-electron chi connectivity index (χ3n) is 3.75. The topological polar surface area (TPSA) is 39.2 Å². The summed E-state index contributed by atoms with van der Waals surface area (Å²) in [6.07, 6.45) is 3.13. The van der Waals surface area contributed by atoms with Crippen LogP contribution in [0.2, 0.25) is 0 Å². The SMILES string of the molecule is Cc1ccc(C)c(OC(=O)/C=C/c2nc3ccccc3s2)c1C. The average Bonchev–Trinajstić information content (AvgIpc) is 2.96. The molecule has 2 aromatic carbocycles. The van der Waals surface area contributed by atoms with E-state index in [0.29, 0.717) is 5.75 Å². The van der Waals surface area contributed by atoms with Crippen molar-refractivity contribution in [2.24, 2.45) is 0 Å². The first-order valence-electron chi connectivity index (χ1n) is 7.37. The van der Waals surface area contributed by atoms with E-state index in [0.717, 1.165) is 31.9 Å². The maximum Gasteiger partial charge on any atom is 0.336 e. The zero-order valence-electron chi connectivity index (χ0n) is 13.3. The Morgan fingerprint density at radius 3 is 2.61 bits per heavy atom. The summed E-state index contributed by atoms with van der Waals surface area (Å²) in [5, 5.41) is 0.792. The van der Waals surface area contributed by atoms with Crippen molar-refractivity contribution >= 4 is 33.6 Å². The molecular weight excluding hydrogens is 306 g/mol. The number of hydrogen-bond acceptors (Lipinski definition) is 4. The molecule has 23 heavy (non-hydrogen) atoms. The summed E-state index contributed by atoms with van der Waals surface area (Å²) in [6, 6.07) is 11.9. The van der Waals surface area contributed by atoms with Gasteiger partial charge < -0.3 is 4.74 Å². The van der Waals surface area contributed by atoms with Gasteiger partial charge in [-0.2, -0.15) is 0 Å². The second-order valence-corrected chi connectivity index (χ2v) is 6.49. The van der Waals surface area contributed by atoms with Crippen LogP contribution in [-0.2, 0) is 4.79 Å². The molecule has 0 bridgehead atoms. The van der Waals surface area contributed by atoms with Gasteiger partial charge in [-0.1, -0.05) is 24.3 Å². The summed E-state index contributed by atoms with van der Waals surface area (Å²) in [5.74, 6) is 0.255. The molecule has 0 N–H and O–H groups in total. The Balaban J connectivity index is 1.78. The van der Waals surface area contributed by atoms with Crippen LogP contribution in [-0.4, -0.2) is 11.0 Å². The number of para-hydroxylation sites is 1. The Hall–Kier alpha value is -2.46. The van der Waals surface area contributed by atoms with Crippen molar-refractivity contribution in [3.63, 3.8) is 0 Å². The number of thiazole rings is 1. The highest BCUT2D eigenvalue weighted by molar-refractivity contribution is 7.19. The molecule has 1 heterocycles. The number of aryl methyl sites for hydroxylation is 2. The Morgan fingerprint density at radius 2 is 1.83 bits per heavy atom. The van der Waals surface area contributed by atoms with E-state index in [1.807, 2.05) is 57.2 Å². The number of carbonyl (C=O) groups is 1. The summed E-state index contributed by atoms with van der Waals surface area (Å²) in [7, 11) is 0. The number of ether oxygens (including phenoxy) is 1. The lowest BCUT2D eigenvalue weighted by molar-refractivity contribution is -0.129. The van der Waals surface area contributed by atoms with Gasteiger partial charge in [-0.15, -0.1) is 11.3 Å². The molecule has 4 heteroatoms. The fraction of sp³-hybridized carbons (Fsp3) is 0.158. The lowest BCUT2D eigenvalue weighted by Crippen LogP contribution is -2.06. The smallest absolute Gasteiger partial charge is 0.336 e. The minimum atomic E-state index is -0.388. The number of aromatic nitrogens is 1. The van der Waals surface area contributed by atoms with E-state index in [1.54, 1.807) is 17.4 Å². The summed E-state index contributed by atoms with van der Waals surface area (Å²) >= 11 is 1.55. The molecule has 0 amide bonds. The molecule has 0 fully saturated rings. The molecule has 0 aliphatic carbocycles. The molecule has 0 atom stereocenters. The molecule has 3 aromatic rings. The van der Waals surface area contributed by atoms with Crippen molar-refractivity contribution < 1.29 is 9.53 Å². The van der Waals surface area contributed by atoms with Gasteiger partial charge in [0, 0.05) is 6.08 Å². The fourth-order valence-corrected chi connectivity index (χ4v) is 3.19. The van der Waals surface area contributed by atoms with Crippen LogP contribution >= 0.6 is 11.3 Å². The van der Waals surface area contributed by atoms with E-state index >= 15 is 0 Å². The van der Waals surface area contributed by atoms with Gasteiger partial charge in [-0.05, 0) is 55.7 Å². The number of esters is 1. The number of carbonyl (C=O) groups excluding carboxylic acids is 1. The van der Waals surface area contributed by atoms with Crippen LogP contribution in [0.3, 0.4) is 0 Å². The predicted molar refractivity (Wildman–Crippen MR) is 94.9 cm³/mol. The van der Waals surface area contributed by atoms with Crippen LogP contribution in [0.4, 0.5) is 0 Å². The standard InChI is InChI=1S/C19H17NO2S/c1-12-8-9-13(2)19(14(12)3)22-18(21)11-10-17-20-15-6-4-5-7-16(15)23-17/h4-11H,1-3H3/b11-10+. The van der Waals surface area contributed by atoms with Gasteiger partial charge in [0.2, 0.25) is 0 Å². The van der Waals surface area contributed by atoms with Gasteiger partial charge in [0.25, 0.3) is 0 Å². The van der Waals surface area contributed by atoms with Gasteiger partial charge in [-0.3, -0.25) is 0 Å². The Kier molecular flexibility index (Phi) is 4.26. The van der Waals surface area contributed by atoms with Crippen LogP contribution in [0, 0.1) is 20.8 Å². The second-order valence-electron chi connectivity index (χ2n) is 5.43. The average molecular weight is 323 g/mol. The van der Waals surface area contributed by atoms with Crippen molar-refractivity contribution in [1.29, 1.82) is 0 Å². The van der Waals surface area contributed by atoms with Gasteiger partial charge >= 0.3 is 5.97 Å². The Morgan fingerprint density at radius 1 is 1.09 bits per heavy atom. The highest BCUT2D eigenvalue weighted by atomic mass is 32.1. The molecule has 0 radical (unpaired) electrons. The van der Waals surface area contributed by atoms with Gasteiger partial charge in [0.1, 0.15) is 10.8 Å². The third kappa shape index (κ3) is 3.32. The molecule has 0 aliphatic heterocycles. The molecule has 3 rings (SSSR count). The number of benzene rings is 2. The number of fused-ring (bicyclic) bond motifs is 1. The van der Waals surface area contributed by atoms with E-state index in [-0.39, 0.29) is 5.97 Å². The minimum absolute atomic E-state index is 0.388. The van der Waals surface area contributed by atoms with Crippen molar-refractivity contribution in [3.8, 4) is 5.75 Å². The van der Waals surface area contributed by atoms with E-state index in [4.69, 9.17) is 4.74 Å². The molecule has 0 saturated carbocycles. The van der Waals surface area contributed by atoms with Crippen molar-refractivity contribution in [3.05, 3.63) is 64.2 Å². The normalized spacial score (nSPS) is 11.3. The highest BCUT2D eigenvalue weighted by Gasteiger charge is 2.10. The maximum absolute atomic E-state index is 12.1. The molecule has 116 valence electrons. The molecule has 0 unspecified atom stereocenters. The van der Waals surface area contributed by atoms with Crippen LogP contribution < -0.4 is 4.74 Å². The molecule has 3 nitrogen and oxygen atoms in total. The number of nitrogens with zero attached hydrogens (tertiary/aromatic N) is 1. The minimum Gasteiger partial charge on any atom is -0.423 e. The van der Waals surface area contributed by atoms with E-state index in [1.165, 1.54) is 6.08 Å². The zero-order chi connectivity index (χ0) is 16.4. The monoisotopic (exact) mass is 323 g/mol. The van der Waals surface area contributed by atoms with E-state index < -0.39 is 0 Å². The first-order chi connectivity index (χ1) is 11.0. The van der Waals surface area contributed by atoms with Crippen molar-refractivity contribution in [2.45, 2.75) is 20.8 Å². The predicted octanol–water partition coefficient (Wildman–Crippen LogP) is 4.84. The van der Waals surface area contributed by atoms with Gasteiger partial charge in [-0.25, -0.2) is 9.78 Å². The van der Waals surface area contributed by atoms with Crippen LogP contribution in [0.25, 0.3) is 16.3 Å². The highest BCUT2D eigenvalue weighted by Crippen LogP contribution is 2.26. The summed E-state index contributed by atoms with van der Waals surface area (Å²) in [4.78, 5) is 16.5. The molecule has 1 aromatic heterocycles. The lowest BCUT2D eigenvalue weighted by Gasteiger charge is -2.11. The molecular formula is C19H17NO2S. The Labute approximate surface area is 139 Å². The van der Waals surface area contributed by atoms with E-state index in [9.17, 15) is 4.79 Å². The van der Waals surface area contributed by atoms with Gasteiger partial charge in [0.05, 0.1) is 10.2 Å².